The lowest BCUT2D eigenvalue weighted by atomic mass is 10.1. The molecule has 4 aromatic rings. The largest absolute Gasteiger partial charge is 0.493 e. The first-order valence-electron chi connectivity index (χ1n) is 11.1. The molecule has 0 fully saturated rings. The second kappa shape index (κ2) is 9.76. The van der Waals surface area contributed by atoms with Crippen LogP contribution in [0.2, 0.25) is 0 Å². The molecule has 0 bridgehead atoms. The van der Waals surface area contributed by atoms with Crippen LogP contribution in [0, 0.1) is 6.92 Å². The minimum atomic E-state index is -0.497. The van der Waals surface area contributed by atoms with Crippen LogP contribution in [0.15, 0.2) is 94.0 Å². The standard InChI is InChI=1S/C29H22BrNO4/c1-18-7-9-19(10-8-18)17-34-27-24(30)13-20(15-26(27)33-2)14-25-29(32)35-28(31-25)23-12-11-21-5-3-4-6-22(21)16-23/h3-16H,17H2,1-2H3/b25-14-. The number of cyclic esters (lactones) is 1. The number of carbonyl (C=O) groups is 1. The van der Waals surface area contributed by atoms with Gasteiger partial charge in [-0.25, -0.2) is 9.79 Å². The summed E-state index contributed by atoms with van der Waals surface area (Å²) >= 11 is 3.57. The molecule has 0 N–H and O–H groups in total. The van der Waals surface area contributed by atoms with Gasteiger partial charge in [0, 0.05) is 5.56 Å². The Balaban J connectivity index is 1.40. The van der Waals surface area contributed by atoms with Crippen LogP contribution in [-0.4, -0.2) is 19.0 Å². The van der Waals surface area contributed by atoms with E-state index in [9.17, 15) is 4.79 Å². The molecule has 6 heteroatoms. The van der Waals surface area contributed by atoms with E-state index >= 15 is 0 Å². The molecule has 174 valence electrons. The maximum absolute atomic E-state index is 12.5. The number of methoxy groups -OCH3 is 1. The predicted molar refractivity (Wildman–Crippen MR) is 141 cm³/mol. The van der Waals surface area contributed by atoms with Crippen molar-refractivity contribution in [3.63, 3.8) is 0 Å². The van der Waals surface area contributed by atoms with Crippen LogP contribution in [0.3, 0.4) is 0 Å². The second-order valence-electron chi connectivity index (χ2n) is 8.21. The molecule has 35 heavy (non-hydrogen) atoms. The van der Waals surface area contributed by atoms with Gasteiger partial charge in [0.15, 0.2) is 17.2 Å². The molecular weight excluding hydrogens is 506 g/mol. The van der Waals surface area contributed by atoms with E-state index in [4.69, 9.17) is 14.2 Å². The summed E-state index contributed by atoms with van der Waals surface area (Å²) in [7, 11) is 1.58. The van der Waals surface area contributed by atoms with Crippen LogP contribution in [0.4, 0.5) is 0 Å². The van der Waals surface area contributed by atoms with E-state index in [2.05, 4.69) is 20.9 Å². The van der Waals surface area contributed by atoms with Gasteiger partial charge in [0.2, 0.25) is 5.90 Å². The summed E-state index contributed by atoms with van der Waals surface area (Å²) in [5.41, 5.74) is 3.95. The quantitative estimate of drug-likeness (QED) is 0.203. The van der Waals surface area contributed by atoms with Gasteiger partial charge < -0.3 is 14.2 Å². The van der Waals surface area contributed by atoms with Gasteiger partial charge in [0.1, 0.15) is 6.61 Å². The number of hydrogen-bond acceptors (Lipinski definition) is 5. The van der Waals surface area contributed by atoms with E-state index in [0.717, 1.165) is 27.5 Å². The monoisotopic (exact) mass is 527 g/mol. The molecule has 0 saturated heterocycles. The number of aliphatic imine (C=N–C) groups is 1. The van der Waals surface area contributed by atoms with Crippen molar-refractivity contribution in [2.45, 2.75) is 13.5 Å². The normalized spacial score (nSPS) is 14.2. The summed E-state index contributed by atoms with van der Waals surface area (Å²) in [6.45, 7) is 2.45. The smallest absolute Gasteiger partial charge is 0.363 e. The Morgan fingerprint density at radius 3 is 2.51 bits per heavy atom. The molecule has 0 spiro atoms. The molecule has 4 aromatic carbocycles. The van der Waals surface area contributed by atoms with E-state index in [-0.39, 0.29) is 11.6 Å². The number of carbonyl (C=O) groups excluding carboxylic acids is 1. The number of nitrogens with zero attached hydrogens (tertiary/aromatic N) is 1. The van der Waals surface area contributed by atoms with Gasteiger partial charge in [0.25, 0.3) is 0 Å². The molecule has 5 nitrogen and oxygen atoms in total. The van der Waals surface area contributed by atoms with E-state index in [1.165, 1.54) is 5.56 Å². The fourth-order valence-electron chi connectivity index (χ4n) is 3.82. The fourth-order valence-corrected chi connectivity index (χ4v) is 4.39. The van der Waals surface area contributed by atoms with Gasteiger partial charge in [-0.15, -0.1) is 0 Å². The highest BCUT2D eigenvalue weighted by Crippen LogP contribution is 2.38. The number of fused-ring (bicyclic) bond motifs is 1. The molecule has 0 radical (unpaired) electrons. The minimum absolute atomic E-state index is 0.218. The summed E-state index contributed by atoms with van der Waals surface area (Å²) in [5, 5.41) is 2.16. The molecule has 0 atom stereocenters. The van der Waals surface area contributed by atoms with Crippen molar-refractivity contribution in [2.75, 3.05) is 7.11 Å². The molecule has 0 amide bonds. The third kappa shape index (κ3) is 4.98. The Bertz CT molecular complexity index is 1490. The molecule has 0 aromatic heterocycles. The summed E-state index contributed by atoms with van der Waals surface area (Å²) < 4.78 is 17.8. The number of benzene rings is 4. The second-order valence-corrected chi connectivity index (χ2v) is 9.06. The highest BCUT2D eigenvalue weighted by molar-refractivity contribution is 9.10. The minimum Gasteiger partial charge on any atom is -0.493 e. The Kier molecular flexibility index (Phi) is 6.38. The molecule has 1 aliphatic heterocycles. The molecule has 0 saturated carbocycles. The lowest BCUT2D eigenvalue weighted by Gasteiger charge is -2.14. The number of esters is 1. The van der Waals surface area contributed by atoms with Crippen molar-refractivity contribution < 1.29 is 19.0 Å². The third-order valence-electron chi connectivity index (χ3n) is 5.68. The van der Waals surface area contributed by atoms with Crippen LogP contribution in [0.1, 0.15) is 22.3 Å². The average Bonchev–Trinajstić information content (AvgIpc) is 3.23. The highest BCUT2D eigenvalue weighted by atomic mass is 79.9. The lowest BCUT2D eigenvalue weighted by molar-refractivity contribution is -0.129. The fraction of sp³-hybridized carbons (Fsp3) is 0.103. The Morgan fingerprint density at radius 1 is 0.971 bits per heavy atom. The maximum atomic E-state index is 12.5. The van der Waals surface area contributed by atoms with Crippen molar-refractivity contribution in [2.24, 2.45) is 4.99 Å². The summed E-state index contributed by atoms with van der Waals surface area (Å²) in [6.07, 6.45) is 1.67. The van der Waals surface area contributed by atoms with E-state index in [1.54, 1.807) is 19.3 Å². The average molecular weight is 528 g/mol. The Labute approximate surface area is 211 Å². The SMILES string of the molecule is COc1cc(/C=C2\N=C(c3ccc4ccccc4c3)OC2=O)cc(Br)c1OCc1ccc(C)cc1. The maximum Gasteiger partial charge on any atom is 0.363 e. The van der Waals surface area contributed by atoms with Crippen LogP contribution in [0.25, 0.3) is 16.8 Å². The molecule has 1 aliphatic rings. The summed E-state index contributed by atoms with van der Waals surface area (Å²) in [4.78, 5) is 17.0. The van der Waals surface area contributed by atoms with Crippen molar-refractivity contribution >= 4 is 44.6 Å². The van der Waals surface area contributed by atoms with Gasteiger partial charge in [-0.3, -0.25) is 0 Å². The van der Waals surface area contributed by atoms with Gasteiger partial charge in [-0.05, 0) is 75.1 Å². The van der Waals surface area contributed by atoms with E-state index in [1.807, 2.05) is 79.7 Å². The molecule has 0 unspecified atom stereocenters. The van der Waals surface area contributed by atoms with Crippen LogP contribution in [-0.2, 0) is 16.1 Å². The van der Waals surface area contributed by atoms with Gasteiger partial charge in [0.05, 0.1) is 11.6 Å². The summed E-state index contributed by atoms with van der Waals surface area (Å²) in [5.74, 6) is 0.923. The van der Waals surface area contributed by atoms with E-state index < -0.39 is 5.97 Å². The molecule has 5 rings (SSSR count). The zero-order chi connectivity index (χ0) is 24.4. The van der Waals surface area contributed by atoms with Gasteiger partial charge >= 0.3 is 5.97 Å². The lowest BCUT2D eigenvalue weighted by Crippen LogP contribution is -2.05. The summed E-state index contributed by atoms with van der Waals surface area (Å²) in [6, 6.07) is 25.7. The van der Waals surface area contributed by atoms with Crippen LogP contribution >= 0.6 is 15.9 Å². The third-order valence-corrected chi connectivity index (χ3v) is 6.26. The first-order valence-corrected chi connectivity index (χ1v) is 11.9. The van der Waals surface area contributed by atoms with Crippen molar-refractivity contribution in [1.29, 1.82) is 0 Å². The first kappa shape index (κ1) is 22.9. The molecular formula is C29H22BrNO4. The van der Waals surface area contributed by atoms with Crippen LogP contribution < -0.4 is 9.47 Å². The number of ether oxygens (including phenoxy) is 3. The van der Waals surface area contributed by atoms with Crippen LogP contribution in [0.5, 0.6) is 11.5 Å². The zero-order valence-corrected chi connectivity index (χ0v) is 20.8. The highest BCUT2D eigenvalue weighted by Gasteiger charge is 2.24. The predicted octanol–water partition coefficient (Wildman–Crippen LogP) is 6.84. The van der Waals surface area contributed by atoms with Crippen molar-refractivity contribution in [3.05, 3.63) is 111 Å². The van der Waals surface area contributed by atoms with E-state index in [0.29, 0.717) is 22.6 Å². The first-order chi connectivity index (χ1) is 17.0. The Hall–Kier alpha value is -3.90. The number of aryl methyl sites for hydroxylation is 1. The number of halogens is 1. The van der Waals surface area contributed by atoms with Crippen molar-refractivity contribution in [3.8, 4) is 11.5 Å². The zero-order valence-electron chi connectivity index (χ0n) is 19.2. The van der Waals surface area contributed by atoms with Gasteiger partial charge in [-0.2, -0.15) is 0 Å². The Morgan fingerprint density at radius 2 is 1.74 bits per heavy atom. The topological polar surface area (TPSA) is 57.1 Å². The van der Waals surface area contributed by atoms with Gasteiger partial charge in [-0.1, -0.05) is 60.2 Å². The number of hydrogen-bond donors (Lipinski definition) is 0. The molecule has 0 aliphatic carbocycles. The number of rotatable bonds is 6. The van der Waals surface area contributed by atoms with Crippen molar-refractivity contribution in [1.82, 2.24) is 0 Å². The molecule has 1 heterocycles.